The SMILES string of the molecule is Cl.FC(F)(F)c1nn(C2CCCCC2)c2c1CCNC2. The fraction of sp³-hybridized carbons (Fsp3) is 0.769. The molecule has 1 N–H and O–H groups in total. The maximum atomic E-state index is 13.1. The van der Waals surface area contributed by atoms with Crippen LogP contribution in [-0.2, 0) is 19.1 Å². The standard InChI is InChI=1S/C13H18F3N3.ClH/c14-13(15,16)12-10-6-7-17-8-11(10)19(18-12)9-4-2-1-3-5-9;/h9,17H,1-8H2;1H. The van der Waals surface area contributed by atoms with Crippen LogP contribution >= 0.6 is 12.4 Å². The summed E-state index contributed by atoms with van der Waals surface area (Å²) in [6.45, 7) is 1.11. The average Bonchev–Trinajstić information content (AvgIpc) is 2.79. The first-order chi connectivity index (χ1) is 9.07. The molecule has 0 unspecified atom stereocenters. The van der Waals surface area contributed by atoms with Gasteiger partial charge in [0.2, 0.25) is 0 Å². The molecule has 1 aliphatic heterocycles. The highest BCUT2D eigenvalue weighted by atomic mass is 35.5. The van der Waals surface area contributed by atoms with E-state index in [1.807, 2.05) is 0 Å². The minimum absolute atomic E-state index is 0. The van der Waals surface area contributed by atoms with Crippen LogP contribution in [0.3, 0.4) is 0 Å². The van der Waals surface area contributed by atoms with Gasteiger partial charge in [-0.15, -0.1) is 12.4 Å². The number of halogens is 4. The molecule has 0 atom stereocenters. The summed E-state index contributed by atoms with van der Waals surface area (Å²) in [6, 6.07) is 0.151. The zero-order valence-electron chi connectivity index (χ0n) is 11.2. The number of nitrogens with zero attached hydrogens (tertiary/aromatic N) is 2. The highest BCUT2D eigenvalue weighted by molar-refractivity contribution is 5.85. The molecule has 0 aromatic carbocycles. The number of rotatable bonds is 1. The van der Waals surface area contributed by atoms with Crippen molar-refractivity contribution in [3.8, 4) is 0 Å². The molecule has 7 heteroatoms. The number of hydrogen-bond acceptors (Lipinski definition) is 2. The molecule has 0 radical (unpaired) electrons. The van der Waals surface area contributed by atoms with Crippen LogP contribution in [0.2, 0.25) is 0 Å². The van der Waals surface area contributed by atoms with Gasteiger partial charge in [0.15, 0.2) is 5.69 Å². The van der Waals surface area contributed by atoms with E-state index in [9.17, 15) is 13.2 Å². The van der Waals surface area contributed by atoms with Gasteiger partial charge in [0.25, 0.3) is 0 Å². The first-order valence-corrected chi connectivity index (χ1v) is 6.95. The third-order valence-corrected chi connectivity index (χ3v) is 4.15. The van der Waals surface area contributed by atoms with Crippen molar-refractivity contribution in [2.45, 2.75) is 57.3 Å². The molecule has 0 saturated heterocycles. The van der Waals surface area contributed by atoms with E-state index in [-0.39, 0.29) is 18.4 Å². The van der Waals surface area contributed by atoms with Gasteiger partial charge in [0, 0.05) is 12.1 Å². The summed E-state index contributed by atoms with van der Waals surface area (Å²) in [6.07, 6.45) is 1.36. The lowest BCUT2D eigenvalue weighted by atomic mass is 9.95. The van der Waals surface area contributed by atoms with Crippen LogP contribution in [0.25, 0.3) is 0 Å². The molecule has 2 heterocycles. The normalized spacial score (nSPS) is 20.4. The van der Waals surface area contributed by atoms with Crippen molar-refractivity contribution in [3.63, 3.8) is 0 Å². The summed E-state index contributed by atoms with van der Waals surface area (Å²) < 4.78 is 40.9. The quantitative estimate of drug-likeness (QED) is 0.861. The van der Waals surface area contributed by atoms with Crippen molar-refractivity contribution in [2.75, 3.05) is 6.54 Å². The Kier molecular flexibility index (Phi) is 4.64. The predicted octanol–water partition coefficient (Wildman–Crippen LogP) is 3.47. The second kappa shape index (κ2) is 5.93. The third kappa shape index (κ3) is 2.81. The first-order valence-electron chi connectivity index (χ1n) is 6.95. The van der Waals surface area contributed by atoms with Gasteiger partial charge in [0.1, 0.15) is 0 Å². The Morgan fingerprint density at radius 3 is 2.50 bits per heavy atom. The summed E-state index contributed by atoms with van der Waals surface area (Å²) in [5.74, 6) is 0. The van der Waals surface area contributed by atoms with Crippen LogP contribution in [0.1, 0.15) is 55.1 Å². The highest BCUT2D eigenvalue weighted by Crippen LogP contribution is 2.37. The van der Waals surface area contributed by atoms with Crippen LogP contribution < -0.4 is 5.32 Å². The molecule has 20 heavy (non-hydrogen) atoms. The average molecular weight is 310 g/mol. The maximum Gasteiger partial charge on any atom is 0.435 e. The third-order valence-electron chi connectivity index (χ3n) is 4.15. The summed E-state index contributed by atoms with van der Waals surface area (Å²) in [7, 11) is 0. The van der Waals surface area contributed by atoms with Gasteiger partial charge in [-0.2, -0.15) is 18.3 Å². The molecule has 1 aromatic heterocycles. The lowest BCUT2D eigenvalue weighted by Gasteiger charge is -2.25. The molecule has 1 aliphatic carbocycles. The van der Waals surface area contributed by atoms with Crippen molar-refractivity contribution >= 4 is 12.4 Å². The van der Waals surface area contributed by atoms with Gasteiger partial charge in [-0.3, -0.25) is 4.68 Å². The second-order valence-electron chi connectivity index (χ2n) is 5.43. The Morgan fingerprint density at radius 1 is 1.15 bits per heavy atom. The van der Waals surface area contributed by atoms with Crippen molar-refractivity contribution in [1.82, 2.24) is 15.1 Å². The zero-order valence-corrected chi connectivity index (χ0v) is 12.0. The van der Waals surface area contributed by atoms with E-state index in [2.05, 4.69) is 10.4 Å². The largest absolute Gasteiger partial charge is 0.435 e. The van der Waals surface area contributed by atoms with Crippen molar-refractivity contribution < 1.29 is 13.2 Å². The van der Waals surface area contributed by atoms with Gasteiger partial charge >= 0.3 is 6.18 Å². The monoisotopic (exact) mass is 309 g/mol. The van der Waals surface area contributed by atoms with E-state index in [4.69, 9.17) is 0 Å². The Morgan fingerprint density at radius 2 is 1.85 bits per heavy atom. The lowest BCUT2D eigenvalue weighted by molar-refractivity contribution is -0.142. The maximum absolute atomic E-state index is 13.1. The van der Waals surface area contributed by atoms with Crippen LogP contribution in [-0.4, -0.2) is 16.3 Å². The van der Waals surface area contributed by atoms with Gasteiger partial charge in [-0.1, -0.05) is 19.3 Å². The first kappa shape index (κ1) is 15.6. The molecule has 1 aromatic rings. The highest BCUT2D eigenvalue weighted by Gasteiger charge is 2.40. The van der Waals surface area contributed by atoms with E-state index < -0.39 is 11.9 Å². The molecular formula is C13H19ClF3N3. The van der Waals surface area contributed by atoms with Crippen molar-refractivity contribution in [3.05, 3.63) is 17.0 Å². The minimum atomic E-state index is -4.33. The van der Waals surface area contributed by atoms with Crippen molar-refractivity contribution in [2.24, 2.45) is 0 Å². The summed E-state index contributed by atoms with van der Waals surface area (Å²) >= 11 is 0. The zero-order chi connectivity index (χ0) is 13.5. The van der Waals surface area contributed by atoms with Gasteiger partial charge in [-0.05, 0) is 25.8 Å². The van der Waals surface area contributed by atoms with E-state index >= 15 is 0 Å². The Bertz CT molecular complexity index is 464. The van der Waals surface area contributed by atoms with Crippen LogP contribution in [0.5, 0.6) is 0 Å². The fourth-order valence-corrected chi connectivity index (χ4v) is 3.23. The molecule has 3 nitrogen and oxygen atoms in total. The summed E-state index contributed by atoms with van der Waals surface area (Å²) in [4.78, 5) is 0. The summed E-state index contributed by atoms with van der Waals surface area (Å²) in [5.41, 5.74) is 0.511. The van der Waals surface area contributed by atoms with Crippen LogP contribution in [0, 0.1) is 0 Å². The van der Waals surface area contributed by atoms with Gasteiger partial charge in [-0.25, -0.2) is 0 Å². The number of hydrogen-bond donors (Lipinski definition) is 1. The molecule has 0 bridgehead atoms. The molecule has 0 spiro atoms. The predicted molar refractivity (Wildman–Crippen MR) is 72.0 cm³/mol. The van der Waals surface area contributed by atoms with Crippen LogP contribution in [0.4, 0.5) is 13.2 Å². The molecular weight excluding hydrogens is 291 g/mol. The van der Waals surface area contributed by atoms with Gasteiger partial charge < -0.3 is 5.32 Å². The number of fused-ring (bicyclic) bond motifs is 1. The van der Waals surface area contributed by atoms with E-state index in [0.717, 1.165) is 31.4 Å². The molecule has 3 rings (SSSR count). The number of nitrogens with one attached hydrogen (secondary N) is 1. The van der Waals surface area contributed by atoms with Crippen molar-refractivity contribution in [1.29, 1.82) is 0 Å². The molecule has 1 fully saturated rings. The topological polar surface area (TPSA) is 29.9 Å². The van der Waals surface area contributed by atoms with E-state index in [1.165, 1.54) is 6.42 Å². The smallest absolute Gasteiger partial charge is 0.311 e. The Balaban J connectivity index is 0.00000147. The summed E-state index contributed by atoms with van der Waals surface area (Å²) in [5, 5.41) is 7.10. The number of aromatic nitrogens is 2. The molecule has 2 aliphatic rings. The Hall–Kier alpha value is -0.750. The van der Waals surface area contributed by atoms with Crippen LogP contribution in [0.15, 0.2) is 0 Å². The fourth-order valence-electron chi connectivity index (χ4n) is 3.23. The Labute approximate surface area is 122 Å². The molecule has 1 saturated carbocycles. The molecule has 114 valence electrons. The minimum Gasteiger partial charge on any atom is -0.311 e. The van der Waals surface area contributed by atoms with Gasteiger partial charge in [0.05, 0.1) is 11.7 Å². The van der Waals surface area contributed by atoms with E-state index in [1.54, 1.807) is 4.68 Å². The lowest BCUT2D eigenvalue weighted by Crippen LogP contribution is -2.27. The number of alkyl halides is 3. The van der Waals surface area contributed by atoms with E-state index in [0.29, 0.717) is 25.1 Å². The molecule has 0 amide bonds. The second-order valence-corrected chi connectivity index (χ2v) is 5.43.